The van der Waals surface area contributed by atoms with Crippen LogP contribution in [-0.4, -0.2) is 17.9 Å². The first-order chi connectivity index (χ1) is 12.1. The molecule has 0 spiro atoms. The van der Waals surface area contributed by atoms with Gasteiger partial charge in [0.1, 0.15) is 0 Å². The van der Waals surface area contributed by atoms with Crippen molar-refractivity contribution in [1.82, 2.24) is 0 Å². The Bertz CT molecular complexity index is 803. The Labute approximate surface area is 160 Å². The first kappa shape index (κ1) is 17.3. The third-order valence-corrected chi connectivity index (χ3v) is 21.2. The van der Waals surface area contributed by atoms with Crippen LogP contribution in [0.5, 0.6) is 0 Å². The van der Waals surface area contributed by atoms with Crippen molar-refractivity contribution in [2.45, 2.75) is 7.25 Å². The summed E-state index contributed by atoms with van der Waals surface area (Å²) in [7, 11) is 14.1. The Kier molecular flexibility index (Phi) is 5.00. The van der Waals surface area contributed by atoms with Gasteiger partial charge in [0.15, 0.2) is 0 Å². The predicted molar refractivity (Wildman–Crippen MR) is 112 cm³/mol. The summed E-state index contributed by atoms with van der Waals surface area (Å²) in [6.07, 6.45) is 13.2. The summed E-state index contributed by atoms with van der Waals surface area (Å²) in [6.45, 7) is 0. The van der Waals surface area contributed by atoms with Crippen molar-refractivity contribution >= 4 is 46.1 Å². The molecule has 0 saturated heterocycles. The second-order valence-electron chi connectivity index (χ2n) is 6.28. The zero-order chi connectivity index (χ0) is 17.3. The third-order valence-electron chi connectivity index (χ3n) is 4.66. The van der Waals surface area contributed by atoms with Gasteiger partial charge in [-0.25, -0.2) is 0 Å². The van der Waals surface area contributed by atoms with E-state index in [9.17, 15) is 0 Å². The van der Waals surface area contributed by atoms with Gasteiger partial charge >= 0.3 is 162 Å². The summed E-state index contributed by atoms with van der Waals surface area (Å²) in [4.78, 5) is 0. The van der Waals surface area contributed by atoms with Crippen LogP contribution < -0.4 is 0 Å². The Hall–Kier alpha value is -1.14. The van der Waals surface area contributed by atoms with E-state index in [4.69, 9.17) is 17.0 Å². The third kappa shape index (κ3) is 3.56. The van der Waals surface area contributed by atoms with Crippen LogP contribution in [0.2, 0.25) is 7.25 Å². The van der Waals surface area contributed by atoms with E-state index in [1.165, 1.54) is 22.3 Å². The van der Waals surface area contributed by atoms with Crippen molar-refractivity contribution in [2.24, 2.45) is 0 Å². The summed E-state index contributed by atoms with van der Waals surface area (Å²) < 4.78 is 0.388. The standard InChI is InChI=1S/2C11H9.Bi.2ClH/c2*1-2-6-10(7-3-1)11-8-4-5-9-11;;;/h2*1-9H;;2*1H/q;;+2;;/p-2. The Morgan fingerprint density at radius 2 is 1.00 bits per heavy atom. The van der Waals surface area contributed by atoms with Gasteiger partial charge in [-0.1, -0.05) is 0 Å². The van der Waals surface area contributed by atoms with Crippen LogP contribution in [0.25, 0.3) is 11.1 Å². The number of hydrogen-bond donors (Lipinski definition) is 0. The maximum absolute atomic E-state index is 7.04. The number of rotatable bonds is 4. The van der Waals surface area contributed by atoms with E-state index in [1.807, 2.05) is 12.1 Å². The minimum absolute atomic E-state index is 0.194. The molecule has 3 heteroatoms. The van der Waals surface area contributed by atoms with E-state index in [0.29, 0.717) is 0 Å². The van der Waals surface area contributed by atoms with Gasteiger partial charge in [-0.05, 0) is 0 Å². The van der Waals surface area contributed by atoms with Crippen molar-refractivity contribution < 1.29 is 0 Å². The molecule has 0 bridgehead atoms. The van der Waals surface area contributed by atoms with Crippen LogP contribution in [0.4, 0.5) is 0 Å². The average Bonchev–Trinajstić information content (AvgIpc) is 3.34. The van der Waals surface area contributed by atoms with E-state index in [0.717, 1.165) is 0 Å². The second-order valence-corrected chi connectivity index (χ2v) is 26.9. The predicted octanol–water partition coefficient (Wildman–Crippen LogP) is 6.95. The molecule has 125 valence electrons. The van der Waals surface area contributed by atoms with E-state index in [2.05, 4.69) is 85.0 Å². The van der Waals surface area contributed by atoms with Crippen molar-refractivity contribution in [2.75, 3.05) is 0 Å². The molecule has 0 saturated carbocycles. The molecule has 2 aromatic rings. The molecule has 0 N–H and O–H groups in total. The fraction of sp³-hybridized carbons (Fsp3) is 0.0909. The van der Waals surface area contributed by atoms with Crippen LogP contribution in [0.15, 0.2) is 97.1 Å². The molecule has 0 nitrogen and oxygen atoms in total. The van der Waals surface area contributed by atoms with E-state index >= 15 is 0 Å². The number of allylic oxidation sites excluding steroid dienone is 8. The van der Waals surface area contributed by atoms with Crippen molar-refractivity contribution in [3.05, 3.63) is 108 Å². The SMILES string of the molecule is [Cl][Bi]([Cl])([CH]1C=CC(c2ccccc2)=C1)[CH]1C=CC(c2ccccc2)=C1. The fourth-order valence-corrected chi connectivity index (χ4v) is 14.3. The van der Waals surface area contributed by atoms with E-state index in [1.54, 1.807) is 0 Å². The first-order valence-corrected chi connectivity index (χ1v) is 20.9. The van der Waals surface area contributed by atoms with Crippen LogP contribution in [0.3, 0.4) is 0 Å². The van der Waals surface area contributed by atoms with Crippen LogP contribution >= 0.6 is 17.0 Å². The van der Waals surface area contributed by atoms with Crippen molar-refractivity contribution in [3.8, 4) is 0 Å². The summed E-state index contributed by atoms with van der Waals surface area (Å²) in [5, 5.41) is 0. The molecule has 4 rings (SSSR count). The van der Waals surface area contributed by atoms with Gasteiger partial charge in [0.2, 0.25) is 0 Å². The monoisotopic (exact) mass is 561 g/mol. The molecule has 0 heterocycles. The summed E-state index contributed by atoms with van der Waals surface area (Å²) in [5.74, 6) is 0. The molecule has 0 amide bonds. The Morgan fingerprint density at radius 3 is 1.40 bits per heavy atom. The molecular formula is C22H18BiCl2. The zero-order valence-electron chi connectivity index (χ0n) is 13.6. The molecule has 2 atom stereocenters. The quantitative estimate of drug-likeness (QED) is 0.354. The molecule has 2 aromatic carbocycles. The normalized spacial score (nSPS) is 22.2. The molecule has 25 heavy (non-hydrogen) atoms. The van der Waals surface area contributed by atoms with E-state index in [-0.39, 0.29) is 7.25 Å². The van der Waals surface area contributed by atoms with Crippen molar-refractivity contribution in [3.63, 3.8) is 0 Å². The zero-order valence-corrected chi connectivity index (χ0v) is 18.6. The van der Waals surface area contributed by atoms with Gasteiger partial charge in [0.25, 0.3) is 0 Å². The summed E-state index contributed by atoms with van der Waals surface area (Å²) >= 11 is -3.48. The Balaban J connectivity index is 1.57. The molecule has 0 aromatic heterocycles. The molecule has 0 aliphatic heterocycles. The van der Waals surface area contributed by atoms with Gasteiger partial charge < -0.3 is 0 Å². The molecule has 1 radical (unpaired) electrons. The molecular weight excluding hydrogens is 544 g/mol. The van der Waals surface area contributed by atoms with Gasteiger partial charge in [0.05, 0.1) is 0 Å². The molecule has 2 aliphatic rings. The van der Waals surface area contributed by atoms with Crippen LogP contribution in [0.1, 0.15) is 11.1 Å². The van der Waals surface area contributed by atoms with Crippen LogP contribution in [0, 0.1) is 0 Å². The topological polar surface area (TPSA) is 0 Å². The van der Waals surface area contributed by atoms with Gasteiger partial charge in [-0.15, -0.1) is 0 Å². The summed E-state index contributed by atoms with van der Waals surface area (Å²) in [6, 6.07) is 20.8. The second kappa shape index (κ2) is 7.24. The fourth-order valence-electron chi connectivity index (χ4n) is 3.27. The number of halogens is 2. The Morgan fingerprint density at radius 1 is 0.600 bits per heavy atom. The average molecular weight is 562 g/mol. The molecule has 2 aliphatic carbocycles. The molecule has 0 fully saturated rings. The number of hydrogen-bond acceptors (Lipinski definition) is 0. The first-order valence-electron chi connectivity index (χ1n) is 8.33. The van der Waals surface area contributed by atoms with E-state index < -0.39 is 17.9 Å². The maximum atomic E-state index is 7.04. The summed E-state index contributed by atoms with van der Waals surface area (Å²) in [5.41, 5.74) is 4.90. The van der Waals surface area contributed by atoms with Crippen LogP contribution in [-0.2, 0) is 0 Å². The van der Waals surface area contributed by atoms with Gasteiger partial charge in [0, 0.05) is 0 Å². The number of benzene rings is 2. The molecule has 2 unspecified atom stereocenters. The van der Waals surface area contributed by atoms with Gasteiger partial charge in [-0.2, -0.15) is 0 Å². The van der Waals surface area contributed by atoms with Crippen molar-refractivity contribution in [1.29, 1.82) is 0 Å². The van der Waals surface area contributed by atoms with Gasteiger partial charge in [-0.3, -0.25) is 0 Å². The minimum atomic E-state index is -3.48.